The number of carbonyl (C=O) groups excluding carboxylic acids is 1. The minimum absolute atomic E-state index is 0.447. The Kier molecular flexibility index (Phi) is 4.84. The number of hydrogen-bond acceptors (Lipinski definition) is 4. The first-order valence-corrected chi connectivity index (χ1v) is 7.72. The van der Waals surface area contributed by atoms with Gasteiger partial charge in [0, 0.05) is 5.69 Å². The monoisotopic (exact) mass is 311 g/mol. The van der Waals surface area contributed by atoms with E-state index in [4.69, 9.17) is 5.73 Å². The van der Waals surface area contributed by atoms with Gasteiger partial charge in [0.2, 0.25) is 5.91 Å². The summed E-state index contributed by atoms with van der Waals surface area (Å²) in [4.78, 5) is 16.3. The number of thioether (sulfide) groups is 1. The molecule has 2 rings (SSSR count). The van der Waals surface area contributed by atoms with Crippen molar-refractivity contribution in [3.63, 3.8) is 0 Å². The van der Waals surface area contributed by atoms with Crippen LogP contribution in [0.2, 0.25) is 0 Å². The Bertz CT molecular complexity index is 751. The fourth-order valence-corrected chi connectivity index (χ4v) is 3.30. The lowest BCUT2D eigenvalue weighted by atomic mass is 10.1. The Morgan fingerprint density at radius 2 is 1.86 bits per heavy atom. The van der Waals surface area contributed by atoms with E-state index in [0.29, 0.717) is 10.6 Å². The molecule has 2 N–H and O–H groups in total. The summed E-state index contributed by atoms with van der Waals surface area (Å²) in [6.07, 6.45) is 0. The van der Waals surface area contributed by atoms with E-state index >= 15 is 0 Å². The van der Waals surface area contributed by atoms with Crippen LogP contribution in [-0.4, -0.2) is 10.9 Å². The number of nitrogens with zero attached hydrogens (tertiary/aromatic N) is 2. The van der Waals surface area contributed by atoms with Gasteiger partial charge < -0.3 is 5.73 Å². The summed E-state index contributed by atoms with van der Waals surface area (Å²) in [5.41, 5.74) is 9.61. The van der Waals surface area contributed by atoms with Crippen molar-refractivity contribution < 1.29 is 4.79 Å². The molecule has 0 unspecified atom stereocenters. The molecular weight excluding hydrogens is 294 g/mol. The van der Waals surface area contributed by atoms with Gasteiger partial charge in [-0.3, -0.25) is 4.79 Å². The summed E-state index contributed by atoms with van der Waals surface area (Å²) in [6.45, 7) is 5.74. The molecule has 0 aliphatic carbocycles. The number of carbonyl (C=O) groups is 1. The fraction of sp³-hybridized carbons (Fsp3) is 0.235. The Labute approximate surface area is 134 Å². The van der Waals surface area contributed by atoms with Crippen LogP contribution in [0.15, 0.2) is 35.4 Å². The summed E-state index contributed by atoms with van der Waals surface area (Å²) in [6, 6.07) is 11.5. The van der Waals surface area contributed by atoms with Gasteiger partial charge in [-0.1, -0.05) is 42.1 Å². The smallest absolute Gasteiger partial charge is 0.235 e. The summed E-state index contributed by atoms with van der Waals surface area (Å²) in [5, 5.41) is 9.40. The van der Waals surface area contributed by atoms with Crippen LogP contribution in [0.25, 0.3) is 0 Å². The molecule has 1 aromatic heterocycles. The van der Waals surface area contributed by atoms with Gasteiger partial charge in [0.15, 0.2) is 0 Å². The number of nitriles is 1. The second-order valence-electron chi connectivity index (χ2n) is 5.05. The maximum absolute atomic E-state index is 11.8. The van der Waals surface area contributed by atoms with E-state index < -0.39 is 11.2 Å². The van der Waals surface area contributed by atoms with Crippen LogP contribution in [0.1, 0.15) is 33.2 Å². The number of hydrogen-bond donors (Lipinski definition) is 1. The normalized spacial score (nSPS) is 11.7. The number of nitrogens with two attached hydrogens (primary N) is 1. The van der Waals surface area contributed by atoms with Crippen molar-refractivity contribution >= 4 is 17.7 Å². The number of benzene rings is 1. The topological polar surface area (TPSA) is 79.8 Å². The van der Waals surface area contributed by atoms with Crippen molar-refractivity contribution in [3.8, 4) is 6.07 Å². The van der Waals surface area contributed by atoms with Gasteiger partial charge in [-0.05, 0) is 37.5 Å². The third-order valence-corrected chi connectivity index (χ3v) is 4.92. The van der Waals surface area contributed by atoms with Crippen LogP contribution in [0.5, 0.6) is 0 Å². The quantitative estimate of drug-likeness (QED) is 0.879. The fourth-order valence-electron chi connectivity index (χ4n) is 2.16. The molecule has 22 heavy (non-hydrogen) atoms. The van der Waals surface area contributed by atoms with E-state index in [0.717, 1.165) is 22.4 Å². The van der Waals surface area contributed by atoms with Gasteiger partial charge in [0.25, 0.3) is 0 Å². The molecule has 1 aromatic carbocycles. The molecule has 0 spiro atoms. The highest BCUT2D eigenvalue weighted by molar-refractivity contribution is 8.00. The number of amides is 1. The second kappa shape index (κ2) is 6.63. The van der Waals surface area contributed by atoms with Gasteiger partial charge in [0.05, 0.1) is 5.56 Å². The second-order valence-corrected chi connectivity index (χ2v) is 6.14. The molecule has 112 valence electrons. The first-order valence-electron chi connectivity index (χ1n) is 6.84. The van der Waals surface area contributed by atoms with E-state index in [2.05, 4.69) is 11.1 Å². The van der Waals surface area contributed by atoms with Crippen LogP contribution < -0.4 is 5.73 Å². The third kappa shape index (κ3) is 3.12. The maximum atomic E-state index is 11.8. The zero-order valence-electron chi connectivity index (χ0n) is 12.8. The first-order chi connectivity index (χ1) is 10.5. The number of pyridine rings is 1. The zero-order chi connectivity index (χ0) is 16.3. The van der Waals surface area contributed by atoms with E-state index in [1.807, 2.05) is 51.1 Å². The summed E-state index contributed by atoms with van der Waals surface area (Å²) in [7, 11) is 0. The highest BCUT2D eigenvalue weighted by Crippen LogP contribution is 2.37. The molecule has 1 heterocycles. The van der Waals surface area contributed by atoms with E-state index in [-0.39, 0.29) is 0 Å². The highest BCUT2D eigenvalue weighted by Gasteiger charge is 2.23. The lowest BCUT2D eigenvalue weighted by Crippen LogP contribution is -2.19. The molecule has 0 radical (unpaired) electrons. The van der Waals surface area contributed by atoms with Gasteiger partial charge in [-0.2, -0.15) is 5.26 Å². The molecule has 0 aliphatic heterocycles. The average molecular weight is 311 g/mol. The van der Waals surface area contributed by atoms with Crippen molar-refractivity contribution in [2.75, 3.05) is 0 Å². The number of primary amides is 1. The van der Waals surface area contributed by atoms with Crippen molar-refractivity contribution in [1.82, 2.24) is 4.98 Å². The number of rotatable bonds is 4. The molecule has 0 saturated carbocycles. The zero-order valence-corrected chi connectivity index (χ0v) is 13.6. The molecule has 1 amide bonds. The lowest BCUT2D eigenvalue weighted by molar-refractivity contribution is -0.117. The van der Waals surface area contributed by atoms with Crippen molar-refractivity contribution in [2.45, 2.75) is 31.0 Å². The van der Waals surface area contributed by atoms with Crippen LogP contribution in [0.3, 0.4) is 0 Å². The molecule has 0 saturated heterocycles. The molecule has 1 atom stereocenters. The molecular formula is C17H17N3OS. The number of aryl methyl sites for hydroxylation is 1. The Morgan fingerprint density at radius 3 is 2.41 bits per heavy atom. The van der Waals surface area contributed by atoms with Crippen molar-refractivity contribution in [1.29, 1.82) is 5.26 Å². The van der Waals surface area contributed by atoms with Crippen molar-refractivity contribution in [3.05, 3.63) is 58.3 Å². The lowest BCUT2D eigenvalue weighted by Gasteiger charge is -2.16. The SMILES string of the molecule is Cc1nc(S[C@H](C(N)=O)c2ccccc2)c(C#N)c(C)c1C. The van der Waals surface area contributed by atoms with Crippen LogP contribution in [0, 0.1) is 32.1 Å². The summed E-state index contributed by atoms with van der Waals surface area (Å²) < 4.78 is 0. The summed E-state index contributed by atoms with van der Waals surface area (Å²) in [5.74, 6) is -0.447. The first kappa shape index (κ1) is 16.1. The van der Waals surface area contributed by atoms with Crippen LogP contribution in [0.4, 0.5) is 0 Å². The maximum Gasteiger partial charge on any atom is 0.235 e. The van der Waals surface area contributed by atoms with Gasteiger partial charge in [0.1, 0.15) is 16.3 Å². The Morgan fingerprint density at radius 1 is 1.23 bits per heavy atom. The van der Waals surface area contributed by atoms with Crippen LogP contribution in [-0.2, 0) is 4.79 Å². The predicted molar refractivity (Wildman–Crippen MR) is 87.4 cm³/mol. The van der Waals surface area contributed by atoms with Crippen molar-refractivity contribution in [2.24, 2.45) is 5.73 Å². The van der Waals surface area contributed by atoms with Gasteiger partial charge >= 0.3 is 0 Å². The van der Waals surface area contributed by atoms with E-state index in [9.17, 15) is 10.1 Å². The van der Waals surface area contributed by atoms with Gasteiger partial charge in [-0.15, -0.1) is 0 Å². The van der Waals surface area contributed by atoms with E-state index in [1.165, 1.54) is 11.8 Å². The Hall–Kier alpha value is -2.32. The highest BCUT2D eigenvalue weighted by atomic mass is 32.2. The number of aromatic nitrogens is 1. The standard InChI is InChI=1S/C17H17N3OS/c1-10-11(2)14(9-18)17(20-12(10)3)22-15(16(19)21)13-7-5-4-6-8-13/h4-8,15H,1-3H3,(H2,19,21)/t15-/m0/s1. The molecule has 0 fully saturated rings. The molecule has 5 heteroatoms. The molecule has 2 aromatic rings. The molecule has 0 bridgehead atoms. The minimum Gasteiger partial charge on any atom is -0.368 e. The molecule has 4 nitrogen and oxygen atoms in total. The predicted octanol–water partition coefficient (Wildman–Crippen LogP) is 3.20. The minimum atomic E-state index is -0.567. The van der Waals surface area contributed by atoms with E-state index in [1.54, 1.807) is 0 Å². The molecule has 0 aliphatic rings. The summed E-state index contributed by atoms with van der Waals surface area (Å²) >= 11 is 1.23. The Balaban J connectivity index is 2.49. The largest absolute Gasteiger partial charge is 0.368 e. The average Bonchev–Trinajstić information content (AvgIpc) is 2.51. The van der Waals surface area contributed by atoms with Crippen LogP contribution >= 0.6 is 11.8 Å². The van der Waals surface area contributed by atoms with Gasteiger partial charge in [-0.25, -0.2) is 4.98 Å². The third-order valence-electron chi connectivity index (χ3n) is 3.67.